The molecule has 0 aliphatic rings. The zero-order valence-electron chi connectivity index (χ0n) is 54.0. The molecule has 0 aliphatic heterocycles. The molecule has 78 heavy (non-hydrogen) atoms. The van der Waals surface area contributed by atoms with Gasteiger partial charge in [-0.05, 0) is 38.5 Å². The van der Waals surface area contributed by atoms with Crippen LogP contribution in [0, 0.1) is 0 Å². The van der Waals surface area contributed by atoms with Crippen LogP contribution in [-0.2, 0) is 4.79 Å². The minimum Gasteiger partial charge on any atom is -0.394 e. The maximum absolute atomic E-state index is 12.6. The van der Waals surface area contributed by atoms with E-state index in [0.717, 1.165) is 25.7 Å². The third kappa shape index (κ3) is 65.9. The second-order valence-corrected chi connectivity index (χ2v) is 25.7. The van der Waals surface area contributed by atoms with Gasteiger partial charge in [0, 0.05) is 6.42 Å². The molecule has 0 aliphatic carbocycles. The van der Waals surface area contributed by atoms with Gasteiger partial charge in [-0.1, -0.05) is 405 Å². The van der Waals surface area contributed by atoms with Crippen molar-refractivity contribution in [1.82, 2.24) is 5.32 Å². The number of carbonyl (C=O) groups is 1. The molecule has 0 radical (unpaired) electrons. The Morgan fingerprint density at radius 1 is 0.295 bits per heavy atom. The van der Waals surface area contributed by atoms with Crippen molar-refractivity contribution >= 4 is 5.91 Å². The van der Waals surface area contributed by atoms with Crippen LogP contribution >= 0.6 is 0 Å². The van der Waals surface area contributed by atoms with Crippen LogP contribution in [-0.4, -0.2) is 34.9 Å². The number of hydrogen-bond acceptors (Lipinski definition) is 3. The molecule has 0 saturated carbocycles. The number of hydrogen-bond donors (Lipinski definition) is 3. The van der Waals surface area contributed by atoms with Crippen molar-refractivity contribution in [3.63, 3.8) is 0 Å². The van der Waals surface area contributed by atoms with Gasteiger partial charge in [0.25, 0.3) is 0 Å². The lowest BCUT2D eigenvalue weighted by atomic mass is 10.0. The van der Waals surface area contributed by atoms with E-state index < -0.39 is 12.1 Å². The normalized spacial score (nSPS) is 12.6. The first kappa shape index (κ1) is 77.1. The first-order valence-electron chi connectivity index (χ1n) is 36.9. The van der Waals surface area contributed by atoms with Gasteiger partial charge in [0.2, 0.25) is 5.91 Å². The average molecular weight is 1100 g/mol. The van der Waals surface area contributed by atoms with Gasteiger partial charge < -0.3 is 15.5 Å². The molecule has 0 rings (SSSR count). The molecule has 2 atom stereocenters. The Kier molecular flexibility index (Phi) is 69.6. The number of aliphatic hydroxyl groups is 2. The van der Waals surface area contributed by atoms with Gasteiger partial charge in [-0.3, -0.25) is 4.79 Å². The molecule has 466 valence electrons. The molecule has 0 aromatic heterocycles. The van der Waals surface area contributed by atoms with Crippen LogP contribution in [0.1, 0.15) is 438 Å². The van der Waals surface area contributed by atoms with Gasteiger partial charge in [0.15, 0.2) is 0 Å². The Morgan fingerprint density at radius 2 is 0.487 bits per heavy atom. The molecule has 1 amide bonds. The summed E-state index contributed by atoms with van der Waals surface area (Å²) in [5.74, 6) is -0.0197. The van der Waals surface area contributed by atoms with E-state index in [1.165, 1.54) is 385 Å². The van der Waals surface area contributed by atoms with Crippen molar-refractivity contribution in [3.8, 4) is 0 Å². The molecule has 4 heteroatoms. The third-order valence-electron chi connectivity index (χ3n) is 17.8. The second-order valence-electron chi connectivity index (χ2n) is 25.7. The predicted molar refractivity (Wildman–Crippen MR) is 350 cm³/mol. The number of unbranched alkanes of at least 4 members (excludes halogenated alkanes) is 61. The molecule has 0 fully saturated rings. The highest BCUT2D eigenvalue weighted by molar-refractivity contribution is 5.76. The molecular formula is C74H147NO3. The molecule has 2 unspecified atom stereocenters. The number of nitrogens with one attached hydrogen (secondary N) is 1. The topological polar surface area (TPSA) is 69.6 Å². The fourth-order valence-corrected chi connectivity index (χ4v) is 12.2. The van der Waals surface area contributed by atoms with Crippen molar-refractivity contribution in [2.24, 2.45) is 0 Å². The highest BCUT2D eigenvalue weighted by atomic mass is 16.3. The lowest BCUT2D eigenvalue weighted by Crippen LogP contribution is -2.45. The van der Waals surface area contributed by atoms with E-state index in [1.807, 2.05) is 0 Å². The Morgan fingerprint density at radius 3 is 0.705 bits per heavy atom. The first-order valence-corrected chi connectivity index (χ1v) is 36.9. The van der Waals surface area contributed by atoms with E-state index in [9.17, 15) is 15.0 Å². The lowest BCUT2D eigenvalue weighted by Gasteiger charge is -2.22. The summed E-state index contributed by atoms with van der Waals surface area (Å²) < 4.78 is 0. The Hall–Kier alpha value is -0.870. The van der Waals surface area contributed by atoms with Gasteiger partial charge in [-0.15, -0.1) is 0 Å². The van der Waals surface area contributed by atoms with E-state index in [2.05, 4.69) is 31.3 Å². The molecule has 0 bridgehead atoms. The van der Waals surface area contributed by atoms with Crippen LogP contribution in [0.25, 0.3) is 0 Å². The molecular weight excluding hydrogens is 951 g/mol. The van der Waals surface area contributed by atoms with E-state index >= 15 is 0 Å². The molecule has 0 heterocycles. The minimum atomic E-state index is -0.658. The highest BCUT2D eigenvalue weighted by Crippen LogP contribution is 2.20. The van der Waals surface area contributed by atoms with Gasteiger partial charge in [-0.25, -0.2) is 0 Å². The van der Waals surface area contributed by atoms with Gasteiger partial charge >= 0.3 is 0 Å². The van der Waals surface area contributed by atoms with Crippen molar-refractivity contribution < 1.29 is 15.0 Å². The first-order chi connectivity index (χ1) is 38.7. The molecule has 3 N–H and O–H groups in total. The van der Waals surface area contributed by atoms with Gasteiger partial charge in [0.05, 0.1) is 18.8 Å². The maximum atomic E-state index is 12.6. The number of amides is 1. The summed E-state index contributed by atoms with van der Waals surface area (Å²) in [6.07, 6.45) is 94.4. The lowest BCUT2D eigenvalue weighted by molar-refractivity contribution is -0.123. The minimum absolute atomic E-state index is 0.0197. The molecule has 0 saturated heterocycles. The van der Waals surface area contributed by atoms with E-state index in [4.69, 9.17) is 0 Å². The van der Waals surface area contributed by atoms with Crippen LogP contribution in [0.3, 0.4) is 0 Å². The summed E-state index contributed by atoms with van der Waals surface area (Å²) in [7, 11) is 0. The molecule has 0 aromatic carbocycles. The molecule has 0 aromatic rings. The number of carbonyl (C=O) groups excluding carboxylic acids is 1. The fourth-order valence-electron chi connectivity index (χ4n) is 12.2. The predicted octanol–water partition coefficient (Wildman–Crippen LogP) is 25.2. The number of aliphatic hydroxyl groups excluding tert-OH is 2. The van der Waals surface area contributed by atoms with Crippen LogP contribution in [0.4, 0.5) is 0 Å². The highest BCUT2D eigenvalue weighted by Gasteiger charge is 2.20. The fraction of sp³-hybridized carbons (Fsp3) is 0.959. The van der Waals surface area contributed by atoms with Crippen molar-refractivity contribution in [3.05, 3.63) is 12.2 Å². The van der Waals surface area contributed by atoms with Crippen LogP contribution < -0.4 is 5.32 Å². The maximum Gasteiger partial charge on any atom is 0.220 e. The summed E-state index contributed by atoms with van der Waals surface area (Å²) in [5, 5.41) is 23.5. The third-order valence-corrected chi connectivity index (χ3v) is 17.8. The van der Waals surface area contributed by atoms with E-state index in [0.29, 0.717) is 12.8 Å². The second kappa shape index (κ2) is 70.4. The van der Waals surface area contributed by atoms with Crippen molar-refractivity contribution in [2.75, 3.05) is 6.61 Å². The average Bonchev–Trinajstić information content (AvgIpc) is 3.44. The van der Waals surface area contributed by atoms with Crippen LogP contribution in [0.2, 0.25) is 0 Å². The smallest absolute Gasteiger partial charge is 0.220 e. The Balaban J connectivity index is 3.34. The SMILES string of the molecule is CCCCCCCCCC/C=C\CCCCCCCCCCCCCCCCCCCCCCCCCCCCCC(=O)NC(CO)C(O)CCCCCCCCCCCCCCCCCCCCCCCCCCCCC. The number of rotatable bonds is 70. The summed E-state index contributed by atoms with van der Waals surface area (Å²) in [6.45, 7) is 4.42. The van der Waals surface area contributed by atoms with Crippen LogP contribution in [0.5, 0.6) is 0 Å². The summed E-state index contributed by atoms with van der Waals surface area (Å²) in [5.41, 5.74) is 0. The van der Waals surface area contributed by atoms with Gasteiger partial charge in [-0.2, -0.15) is 0 Å². The van der Waals surface area contributed by atoms with E-state index in [1.54, 1.807) is 0 Å². The van der Waals surface area contributed by atoms with Crippen molar-refractivity contribution in [1.29, 1.82) is 0 Å². The van der Waals surface area contributed by atoms with E-state index in [-0.39, 0.29) is 12.5 Å². The van der Waals surface area contributed by atoms with Crippen LogP contribution in [0.15, 0.2) is 12.2 Å². The standard InChI is InChI=1S/C74H147NO3/c1-3-5-7-9-11-13-15-17-19-21-23-25-27-29-31-32-33-34-35-36-37-38-39-40-41-42-44-46-48-50-52-54-56-58-60-62-64-66-68-70-74(78)75-72(71-76)73(77)69-67-65-63-61-59-57-55-53-51-49-47-45-43-30-28-26-24-22-20-18-16-14-12-10-8-6-4-2/h21,23,72-73,76-77H,3-20,22,24-71H2,1-2H3,(H,75,78)/b23-21-. The summed E-state index contributed by atoms with van der Waals surface area (Å²) in [6, 6.07) is -0.534. The monoisotopic (exact) mass is 1100 g/mol. The summed E-state index contributed by atoms with van der Waals surface area (Å²) >= 11 is 0. The molecule has 0 spiro atoms. The van der Waals surface area contributed by atoms with Crippen molar-refractivity contribution in [2.45, 2.75) is 450 Å². The Bertz CT molecular complexity index is 1110. The molecule has 4 nitrogen and oxygen atoms in total. The summed E-state index contributed by atoms with van der Waals surface area (Å²) in [4.78, 5) is 12.6. The van der Waals surface area contributed by atoms with Gasteiger partial charge in [0.1, 0.15) is 0 Å². The largest absolute Gasteiger partial charge is 0.394 e. The zero-order valence-corrected chi connectivity index (χ0v) is 54.0. The zero-order chi connectivity index (χ0) is 56.2. The quantitative estimate of drug-likeness (QED) is 0.0420. The number of allylic oxidation sites excluding steroid dienone is 2. The Labute approximate surface area is 492 Å².